The van der Waals surface area contributed by atoms with Crippen molar-refractivity contribution in [1.82, 2.24) is 5.32 Å². The summed E-state index contributed by atoms with van der Waals surface area (Å²) in [6, 6.07) is 19.0. The smallest absolute Gasteiger partial charge is 0.407 e. The van der Waals surface area contributed by atoms with Gasteiger partial charge in [0.1, 0.15) is 12.6 Å². The number of hydrogen-bond acceptors (Lipinski definition) is 4. The number of aromatic carboxylic acids is 1. The molecule has 4 rings (SSSR count). The molecule has 33 heavy (non-hydrogen) atoms. The summed E-state index contributed by atoms with van der Waals surface area (Å²) >= 11 is 5.91. The van der Waals surface area contributed by atoms with Crippen LogP contribution in [0.4, 0.5) is 10.5 Å². The van der Waals surface area contributed by atoms with E-state index in [1.54, 1.807) is 0 Å². The minimum absolute atomic E-state index is 0.0428. The van der Waals surface area contributed by atoms with Crippen LogP contribution >= 0.6 is 11.6 Å². The molecule has 1 aliphatic rings. The fourth-order valence-electron chi connectivity index (χ4n) is 3.93. The Hall–Kier alpha value is -3.84. The molecule has 168 valence electrons. The van der Waals surface area contributed by atoms with Crippen LogP contribution in [0.1, 0.15) is 34.3 Å². The van der Waals surface area contributed by atoms with Gasteiger partial charge < -0.3 is 20.5 Å². The van der Waals surface area contributed by atoms with Gasteiger partial charge in [-0.05, 0) is 47.4 Å². The minimum atomic E-state index is -1.21. The van der Waals surface area contributed by atoms with E-state index in [2.05, 4.69) is 10.6 Å². The molecule has 0 bridgehead atoms. The number of hydrogen-bond donors (Lipinski definition) is 3. The molecule has 8 heteroatoms. The molecule has 0 radical (unpaired) electrons. The Labute approximate surface area is 195 Å². The van der Waals surface area contributed by atoms with Crippen LogP contribution in [0, 0.1) is 0 Å². The third-order valence-electron chi connectivity index (χ3n) is 5.54. The zero-order chi connectivity index (χ0) is 23.5. The number of halogens is 1. The molecule has 0 saturated carbocycles. The number of carbonyl (C=O) groups is 3. The first kappa shape index (κ1) is 22.4. The number of amides is 2. The second-order valence-electron chi connectivity index (χ2n) is 7.68. The van der Waals surface area contributed by atoms with Crippen molar-refractivity contribution < 1.29 is 24.2 Å². The van der Waals surface area contributed by atoms with Gasteiger partial charge in [0.25, 0.3) is 0 Å². The van der Waals surface area contributed by atoms with E-state index in [9.17, 15) is 19.5 Å². The first-order chi connectivity index (χ1) is 15.8. The lowest BCUT2D eigenvalue weighted by molar-refractivity contribution is -0.117. The van der Waals surface area contributed by atoms with Gasteiger partial charge in [0, 0.05) is 10.9 Å². The van der Waals surface area contributed by atoms with Crippen LogP contribution in [0.3, 0.4) is 0 Å². The third-order valence-corrected chi connectivity index (χ3v) is 5.78. The molecule has 1 atom stereocenters. The van der Waals surface area contributed by atoms with Crippen LogP contribution < -0.4 is 10.6 Å². The molecule has 7 nitrogen and oxygen atoms in total. The molecule has 1 aliphatic carbocycles. The number of carbonyl (C=O) groups excluding carboxylic acids is 2. The topological polar surface area (TPSA) is 105 Å². The molecule has 0 aliphatic heterocycles. The number of carboxylic acid groups (broad SMARTS) is 1. The van der Waals surface area contributed by atoms with Crippen molar-refractivity contribution in [2.75, 3.05) is 11.9 Å². The summed E-state index contributed by atoms with van der Waals surface area (Å²) in [7, 11) is 0. The number of alkyl carbamates (subject to hydrolysis) is 1. The maximum atomic E-state index is 12.5. The van der Waals surface area contributed by atoms with Crippen LogP contribution in [-0.2, 0) is 9.53 Å². The zero-order valence-corrected chi connectivity index (χ0v) is 18.4. The van der Waals surface area contributed by atoms with Crippen molar-refractivity contribution in [3.63, 3.8) is 0 Å². The average Bonchev–Trinajstić information content (AvgIpc) is 3.11. The van der Waals surface area contributed by atoms with E-state index in [0.29, 0.717) is 0 Å². The van der Waals surface area contributed by atoms with E-state index in [-0.39, 0.29) is 28.8 Å². The van der Waals surface area contributed by atoms with Crippen molar-refractivity contribution in [1.29, 1.82) is 0 Å². The number of carboxylic acids is 1. The van der Waals surface area contributed by atoms with Gasteiger partial charge in [-0.2, -0.15) is 0 Å². The Morgan fingerprint density at radius 3 is 2.21 bits per heavy atom. The van der Waals surface area contributed by atoms with Gasteiger partial charge in [-0.1, -0.05) is 60.1 Å². The minimum Gasteiger partial charge on any atom is -0.478 e. The fourth-order valence-corrected chi connectivity index (χ4v) is 4.10. The van der Waals surface area contributed by atoms with Gasteiger partial charge in [-0.25, -0.2) is 9.59 Å². The van der Waals surface area contributed by atoms with E-state index < -0.39 is 24.0 Å². The lowest BCUT2D eigenvalue weighted by Crippen LogP contribution is -2.42. The summed E-state index contributed by atoms with van der Waals surface area (Å²) in [4.78, 5) is 36.3. The van der Waals surface area contributed by atoms with Gasteiger partial charge in [-0.3, -0.25) is 4.79 Å². The third kappa shape index (κ3) is 4.68. The number of ether oxygens (including phenoxy) is 1. The summed E-state index contributed by atoms with van der Waals surface area (Å²) in [6.45, 7) is 1.59. The quantitative estimate of drug-likeness (QED) is 0.481. The number of anilines is 1. The average molecular weight is 465 g/mol. The maximum absolute atomic E-state index is 12.5. The van der Waals surface area contributed by atoms with Crippen LogP contribution in [-0.4, -0.2) is 35.7 Å². The molecule has 0 unspecified atom stereocenters. The lowest BCUT2D eigenvalue weighted by Gasteiger charge is -2.17. The van der Waals surface area contributed by atoms with Gasteiger partial charge in [-0.15, -0.1) is 0 Å². The van der Waals surface area contributed by atoms with Crippen LogP contribution in [0.5, 0.6) is 0 Å². The second kappa shape index (κ2) is 9.34. The molecule has 2 amide bonds. The predicted octanol–water partition coefficient (Wildman–Crippen LogP) is 4.90. The van der Waals surface area contributed by atoms with E-state index in [1.165, 1.54) is 25.1 Å². The first-order valence-electron chi connectivity index (χ1n) is 10.3. The largest absolute Gasteiger partial charge is 0.478 e. The molecule has 0 spiro atoms. The predicted molar refractivity (Wildman–Crippen MR) is 125 cm³/mol. The molecular formula is C25H21ClN2O5. The highest BCUT2D eigenvalue weighted by Gasteiger charge is 2.29. The maximum Gasteiger partial charge on any atom is 0.407 e. The molecule has 0 saturated heterocycles. The number of rotatable bonds is 6. The van der Waals surface area contributed by atoms with E-state index in [4.69, 9.17) is 16.3 Å². The van der Waals surface area contributed by atoms with Crippen LogP contribution in [0.25, 0.3) is 11.1 Å². The van der Waals surface area contributed by atoms with Crippen LogP contribution in [0.2, 0.25) is 5.02 Å². The lowest BCUT2D eigenvalue weighted by atomic mass is 9.98. The van der Waals surface area contributed by atoms with Crippen molar-refractivity contribution in [2.45, 2.75) is 18.9 Å². The fraction of sp³-hybridized carbons (Fsp3) is 0.160. The SMILES string of the molecule is C[C@H](NC(=O)OCC1c2ccccc2-c2ccccc21)C(=O)Nc1cc(Cl)ccc1C(=O)O. The van der Waals surface area contributed by atoms with Crippen molar-refractivity contribution >= 4 is 35.3 Å². The normalized spacial score (nSPS) is 12.9. The van der Waals surface area contributed by atoms with Gasteiger partial charge in [0.15, 0.2) is 0 Å². The van der Waals surface area contributed by atoms with Crippen molar-refractivity contribution in [3.8, 4) is 11.1 Å². The molecule has 0 aromatic heterocycles. The molecule has 0 fully saturated rings. The molecule has 3 N–H and O–H groups in total. The van der Waals surface area contributed by atoms with E-state index >= 15 is 0 Å². The highest BCUT2D eigenvalue weighted by atomic mass is 35.5. The second-order valence-corrected chi connectivity index (χ2v) is 8.11. The summed E-state index contributed by atoms with van der Waals surface area (Å²) in [5, 5.41) is 14.5. The standard InChI is InChI=1S/C25H21ClN2O5/c1-14(23(29)28-22-12-15(26)10-11-20(22)24(30)31)27-25(32)33-13-21-18-8-4-2-6-16(18)17-7-3-5-9-19(17)21/h2-12,14,21H,13H2,1H3,(H,27,32)(H,28,29)(H,30,31)/t14-/m0/s1. The van der Waals surface area contributed by atoms with E-state index in [0.717, 1.165) is 22.3 Å². The van der Waals surface area contributed by atoms with Gasteiger partial charge in [0.2, 0.25) is 5.91 Å². The Kier molecular flexibility index (Phi) is 6.33. The van der Waals surface area contributed by atoms with Crippen LogP contribution in [0.15, 0.2) is 66.7 Å². The molecule has 3 aromatic rings. The van der Waals surface area contributed by atoms with E-state index in [1.807, 2.05) is 48.5 Å². The zero-order valence-electron chi connectivity index (χ0n) is 17.7. The van der Waals surface area contributed by atoms with Crippen molar-refractivity contribution in [2.24, 2.45) is 0 Å². The number of fused-ring (bicyclic) bond motifs is 3. The monoisotopic (exact) mass is 464 g/mol. The Morgan fingerprint density at radius 1 is 1.00 bits per heavy atom. The Morgan fingerprint density at radius 2 is 1.61 bits per heavy atom. The first-order valence-corrected chi connectivity index (χ1v) is 10.7. The highest BCUT2D eigenvalue weighted by Crippen LogP contribution is 2.44. The van der Waals surface area contributed by atoms with Gasteiger partial charge >= 0.3 is 12.1 Å². The molecular weight excluding hydrogens is 444 g/mol. The van der Waals surface area contributed by atoms with Gasteiger partial charge in [0.05, 0.1) is 11.3 Å². The summed E-state index contributed by atoms with van der Waals surface area (Å²) < 4.78 is 5.45. The Bertz CT molecular complexity index is 1200. The number of nitrogens with one attached hydrogen (secondary N) is 2. The Balaban J connectivity index is 1.38. The highest BCUT2D eigenvalue weighted by molar-refractivity contribution is 6.31. The summed E-state index contributed by atoms with van der Waals surface area (Å²) in [5.74, 6) is -1.91. The molecule has 0 heterocycles. The summed E-state index contributed by atoms with van der Waals surface area (Å²) in [5.41, 5.74) is 4.33. The molecule has 3 aromatic carbocycles. The number of benzene rings is 3. The summed E-state index contributed by atoms with van der Waals surface area (Å²) in [6.07, 6.45) is -0.746. The van der Waals surface area contributed by atoms with Crippen molar-refractivity contribution in [3.05, 3.63) is 88.4 Å².